The quantitative estimate of drug-likeness (QED) is 0.0109. The highest BCUT2D eigenvalue weighted by atomic mass is 79.9. The number of amides is 7. The number of halogens is 1. The van der Waals surface area contributed by atoms with Crippen molar-refractivity contribution in [2.24, 2.45) is 17.6 Å². The minimum atomic E-state index is -0.859. The number of aromatic amines is 1. The van der Waals surface area contributed by atoms with Crippen molar-refractivity contribution in [1.82, 2.24) is 30.8 Å². The second kappa shape index (κ2) is 30.6. The van der Waals surface area contributed by atoms with E-state index < -0.39 is 18.0 Å². The van der Waals surface area contributed by atoms with Crippen LogP contribution in [-0.2, 0) is 57.8 Å². The van der Waals surface area contributed by atoms with Gasteiger partial charge in [0.15, 0.2) is 24.7 Å². The van der Waals surface area contributed by atoms with E-state index in [1.54, 1.807) is 37.3 Å². The first kappa shape index (κ1) is 63.1. The largest absolute Gasteiger partial charge is 0.379 e. The molecular formula is C60H71BrN10O11. The molecule has 7 rings (SSSR count). The molecule has 1 aliphatic heterocycles. The normalized spacial score (nSPS) is 13.2. The third kappa shape index (κ3) is 18.2. The monoisotopic (exact) mass is 1190 g/mol. The number of primary amides is 1. The molecule has 2 aromatic heterocycles. The number of aromatic nitrogens is 3. The van der Waals surface area contributed by atoms with E-state index in [2.05, 4.69) is 53.1 Å². The van der Waals surface area contributed by atoms with E-state index in [1.165, 1.54) is 4.90 Å². The number of terminal acetylenes is 1. The summed E-state index contributed by atoms with van der Waals surface area (Å²) in [5.41, 5.74) is 11.3. The van der Waals surface area contributed by atoms with Gasteiger partial charge in [-0.15, -0.1) is 6.42 Å². The third-order valence-corrected chi connectivity index (χ3v) is 14.3. The summed E-state index contributed by atoms with van der Waals surface area (Å²) in [7, 11) is 0. The van der Waals surface area contributed by atoms with Crippen molar-refractivity contribution < 1.29 is 52.3 Å². The lowest BCUT2D eigenvalue weighted by molar-refractivity contribution is -0.688. The topological polar surface area (TPSA) is 277 Å². The number of urea groups is 1. The number of H-pyrrole nitrogens is 1. The maximum atomic E-state index is 13.8. The van der Waals surface area contributed by atoms with Crippen molar-refractivity contribution in [1.29, 1.82) is 0 Å². The highest BCUT2D eigenvalue weighted by molar-refractivity contribution is 9.10. The number of Topliss-reactive ketones (excluding diaryl/α,β-unsaturated/α-hetero) is 1. The van der Waals surface area contributed by atoms with Gasteiger partial charge in [-0.25, -0.2) is 14.3 Å². The van der Waals surface area contributed by atoms with Gasteiger partial charge in [0.1, 0.15) is 5.82 Å². The number of pyridine rings is 1. The van der Waals surface area contributed by atoms with Gasteiger partial charge in [-0.1, -0.05) is 47.8 Å². The van der Waals surface area contributed by atoms with E-state index in [0.29, 0.717) is 71.6 Å². The van der Waals surface area contributed by atoms with E-state index in [1.807, 2.05) is 78.2 Å². The number of nitrogens with zero attached hydrogens (tertiary/aromatic N) is 4. The summed E-state index contributed by atoms with van der Waals surface area (Å²) in [6.07, 6.45) is 10.6. The predicted molar refractivity (Wildman–Crippen MR) is 312 cm³/mol. The maximum Gasteiger partial charge on any atom is 0.312 e. The fourth-order valence-electron chi connectivity index (χ4n) is 9.18. The molecule has 0 spiro atoms. The number of fused-ring (bicyclic) bond motifs is 1. The van der Waals surface area contributed by atoms with Crippen LogP contribution in [-0.4, -0.2) is 122 Å². The van der Waals surface area contributed by atoms with Gasteiger partial charge in [-0.3, -0.25) is 38.5 Å². The lowest BCUT2D eigenvalue weighted by Crippen LogP contribution is -2.45. The first-order chi connectivity index (χ1) is 39.0. The van der Waals surface area contributed by atoms with Crippen molar-refractivity contribution in [3.8, 4) is 12.3 Å². The molecule has 7 amide bonds. The van der Waals surface area contributed by atoms with Crippen molar-refractivity contribution in [2.45, 2.75) is 78.6 Å². The number of imide groups is 1. The Morgan fingerprint density at radius 1 is 0.902 bits per heavy atom. The van der Waals surface area contributed by atoms with Crippen LogP contribution in [0.2, 0.25) is 0 Å². The van der Waals surface area contributed by atoms with Gasteiger partial charge in [-0.05, 0) is 85.8 Å². The molecule has 0 bridgehead atoms. The van der Waals surface area contributed by atoms with Crippen LogP contribution in [0.5, 0.6) is 0 Å². The Bertz CT molecular complexity index is 3220. The summed E-state index contributed by atoms with van der Waals surface area (Å²) >= 11 is 3.63. The Morgan fingerprint density at radius 2 is 1.59 bits per heavy atom. The average Bonchev–Trinajstić information content (AvgIpc) is 4.41. The number of hydrogen-bond acceptors (Lipinski definition) is 13. The fourth-order valence-corrected chi connectivity index (χ4v) is 9.64. The molecule has 3 heterocycles. The summed E-state index contributed by atoms with van der Waals surface area (Å²) in [4.78, 5) is 112. The maximum absolute atomic E-state index is 13.8. The number of nitrogens with two attached hydrogens (primary N) is 1. The number of anilines is 2. The summed E-state index contributed by atoms with van der Waals surface area (Å²) in [5.74, 6) is 0.382. The van der Waals surface area contributed by atoms with Gasteiger partial charge in [-0.2, -0.15) is 0 Å². The van der Waals surface area contributed by atoms with E-state index in [-0.39, 0.29) is 133 Å². The number of ketones is 1. The van der Waals surface area contributed by atoms with Gasteiger partial charge >= 0.3 is 6.03 Å². The van der Waals surface area contributed by atoms with E-state index in [9.17, 15) is 38.4 Å². The molecule has 22 heteroatoms. The zero-order valence-electron chi connectivity index (χ0n) is 46.6. The molecule has 3 aromatic carbocycles. The number of carbonyl (C=O) groups is 7. The van der Waals surface area contributed by atoms with Crippen LogP contribution in [0.1, 0.15) is 78.8 Å². The highest BCUT2D eigenvalue weighted by Gasteiger charge is 2.46. The van der Waals surface area contributed by atoms with Crippen molar-refractivity contribution in [3.63, 3.8) is 0 Å². The number of aryl methyl sites for hydroxylation is 1. The van der Waals surface area contributed by atoms with Crippen molar-refractivity contribution >= 4 is 79.6 Å². The molecule has 0 saturated heterocycles. The van der Waals surface area contributed by atoms with Crippen LogP contribution in [0.4, 0.5) is 16.2 Å². The Hall–Kier alpha value is -8.10. The summed E-state index contributed by atoms with van der Waals surface area (Å²) < 4.78 is 19.3. The smallest absolute Gasteiger partial charge is 0.312 e. The molecule has 7 N–H and O–H groups in total. The molecule has 2 aliphatic rings. The Morgan fingerprint density at radius 3 is 2.26 bits per heavy atom. The lowest BCUT2D eigenvalue weighted by Gasteiger charge is -2.24. The second-order valence-corrected chi connectivity index (χ2v) is 20.9. The van der Waals surface area contributed by atoms with Crippen LogP contribution in [0.15, 0.2) is 106 Å². The highest BCUT2D eigenvalue weighted by Crippen LogP contribution is 2.40. The number of hydrogen-bond donors (Lipinski definition) is 6. The van der Waals surface area contributed by atoms with Crippen LogP contribution in [0.3, 0.4) is 0 Å². The van der Waals surface area contributed by atoms with E-state index in [0.717, 1.165) is 26.9 Å². The van der Waals surface area contributed by atoms with Crippen molar-refractivity contribution in [2.75, 3.05) is 69.5 Å². The van der Waals surface area contributed by atoms with Crippen LogP contribution < -0.4 is 42.0 Å². The summed E-state index contributed by atoms with van der Waals surface area (Å²) in [6, 6.07) is 20.4. The van der Waals surface area contributed by atoms with Crippen molar-refractivity contribution in [3.05, 3.63) is 147 Å². The number of piperidine rings is 1. The van der Waals surface area contributed by atoms with Gasteiger partial charge in [0.25, 0.3) is 23.3 Å². The third-order valence-electron chi connectivity index (χ3n) is 13.5. The fraction of sp³-hybridized carbons (Fsp3) is 0.383. The molecule has 0 fully saturated rings. The van der Waals surface area contributed by atoms with Crippen LogP contribution in [0.25, 0.3) is 10.9 Å². The van der Waals surface area contributed by atoms with Crippen LogP contribution in [0, 0.1) is 38.5 Å². The van der Waals surface area contributed by atoms with Gasteiger partial charge in [0.05, 0.1) is 69.7 Å². The molecule has 0 radical (unpaired) electrons. The first-order valence-electron chi connectivity index (χ1n) is 26.8. The van der Waals surface area contributed by atoms with Gasteiger partial charge in [0, 0.05) is 94.6 Å². The standard InChI is InChI=1S/C59H67BrN10O11.CH3/c1-5-20-69(36-43-29-48-50(32-49(43)60)64-38(4)65-56(48)75)45-16-12-41(13-17-45)54(73)63-33-40-8-7-21-68(35-40)34-39-10-14-44(15-11-39)66-55(74)42(9-6-19-62-59(61)78)30-51(71)53(37(2)3)67-52(72)18-23-79-25-27-81-28-26-80-24-22-70-57(76)46-31-47(46)58(70)77;/h1,7-8,10-17,21,29,32,35,37,42,53H,6,9,18-20,22-28,30-31,33-34,36H2,2-4H3,(H6-,61,62,63,64,65,66,67,72,73,74,75,78);1H3/q;-1/p+1/t42-,53+;/m1./s1. The number of benzene rings is 3. The predicted octanol–water partition coefficient (Wildman–Crippen LogP) is 4.96. The SMILES string of the molecule is C#CCN(Cc1cc2c(=O)[nH]c(C)nc2cc1Br)c1ccc(C(=O)NCc2ccc[n+](Cc3ccc(NC(=O)[C@H](CCCNC(N)=O)CC(=O)[C@@H](NC(=O)CCOCCOCCOCCN4C(=O)C5=C(C5)C4=O)C(C)C)cc3)c2)cc1.[CH3-]. The lowest BCUT2D eigenvalue weighted by atomic mass is 9.89. The molecule has 1 aliphatic carbocycles. The number of likely N-dealkylation sites (tertiary alicyclic amines) is 1. The molecule has 2 atom stereocenters. The number of ether oxygens (including phenoxy) is 3. The Balaban J connectivity index is 0.0000108. The summed E-state index contributed by atoms with van der Waals surface area (Å²) in [6.45, 7) is 8.57. The molecule has 5 aromatic rings. The molecule has 434 valence electrons. The molecule has 0 unspecified atom stereocenters. The zero-order valence-corrected chi connectivity index (χ0v) is 48.2. The number of rotatable bonds is 32. The molecule has 0 saturated carbocycles. The number of carbonyl (C=O) groups excluding carboxylic acids is 7. The van der Waals surface area contributed by atoms with Gasteiger partial charge < -0.3 is 58.5 Å². The van der Waals surface area contributed by atoms with Crippen LogP contribution >= 0.6 is 15.9 Å². The second-order valence-electron chi connectivity index (χ2n) is 20.0. The summed E-state index contributed by atoms with van der Waals surface area (Å²) in [5, 5.41) is 11.7. The molecule has 82 heavy (non-hydrogen) atoms. The minimum absolute atomic E-state index is 0. The first-order valence-corrected chi connectivity index (χ1v) is 27.6. The molecule has 21 nitrogen and oxygen atoms in total. The molecular weight excluding hydrogens is 1120 g/mol. The zero-order chi connectivity index (χ0) is 58.0. The average molecular weight is 1190 g/mol. The minimum Gasteiger partial charge on any atom is -0.379 e. The Kier molecular flexibility index (Phi) is 23.6. The number of nitrogens with one attached hydrogen (secondary N) is 5. The van der Waals surface area contributed by atoms with E-state index >= 15 is 0 Å². The van der Waals surface area contributed by atoms with E-state index in [4.69, 9.17) is 26.4 Å². The Labute approximate surface area is 485 Å². The van der Waals surface area contributed by atoms with Gasteiger partial charge in [0.2, 0.25) is 11.8 Å².